The summed E-state index contributed by atoms with van der Waals surface area (Å²) in [5, 5.41) is 0. The van der Waals surface area contributed by atoms with Crippen LogP contribution in [0.15, 0.2) is 0 Å². The largest absolute Gasteiger partial charge is 0.397 e. The molecular formula is C15H28O2Si. The van der Waals surface area contributed by atoms with Gasteiger partial charge in [-0.1, -0.05) is 32.1 Å². The van der Waals surface area contributed by atoms with E-state index in [4.69, 9.17) is 8.85 Å². The molecule has 0 heterocycles. The van der Waals surface area contributed by atoms with Crippen molar-refractivity contribution >= 4 is 8.56 Å². The highest BCUT2D eigenvalue weighted by Crippen LogP contribution is 2.59. The summed E-state index contributed by atoms with van der Waals surface area (Å²) >= 11 is 0. The fraction of sp³-hybridized carbons (Fsp3) is 1.00. The van der Waals surface area contributed by atoms with E-state index in [0.29, 0.717) is 0 Å². The first kappa shape index (κ1) is 13.1. The summed E-state index contributed by atoms with van der Waals surface area (Å²) in [5.74, 6) is 1.93. The van der Waals surface area contributed by atoms with E-state index in [9.17, 15) is 0 Å². The van der Waals surface area contributed by atoms with Crippen LogP contribution in [0.3, 0.4) is 0 Å². The molecule has 18 heavy (non-hydrogen) atoms. The second kappa shape index (κ2) is 5.26. The third-order valence-electron chi connectivity index (χ3n) is 6.07. The van der Waals surface area contributed by atoms with Crippen LogP contribution in [-0.4, -0.2) is 22.8 Å². The molecule has 3 aliphatic carbocycles. The van der Waals surface area contributed by atoms with Crippen molar-refractivity contribution in [1.29, 1.82) is 0 Å². The molecule has 104 valence electrons. The molecule has 3 unspecified atom stereocenters. The predicted molar refractivity (Wildman–Crippen MR) is 75.8 cm³/mol. The van der Waals surface area contributed by atoms with Crippen molar-refractivity contribution in [2.75, 3.05) is 14.2 Å². The molecule has 0 amide bonds. The first-order valence-electron chi connectivity index (χ1n) is 7.90. The summed E-state index contributed by atoms with van der Waals surface area (Å²) in [6.07, 6.45) is 12.7. The minimum Gasteiger partial charge on any atom is -0.397 e. The zero-order valence-corrected chi connectivity index (χ0v) is 13.0. The van der Waals surface area contributed by atoms with Gasteiger partial charge in [-0.25, -0.2) is 0 Å². The zero-order chi connectivity index (χ0) is 12.6. The number of rotatable bonds is 4. The normalized spacial score (nSPS) is 37.3. The molecule has 0 aromatic carbocycles. The second-order valence-electron chi connectivity index (χ2n) is 6.75. The summed E-state index contributed by atoms with van der Waals surface area (Å²) in [5.41, 5.74) is 1.57. The van der Waals surface area contributed by atoms with Gasteiger partial charge in [-0.05, 0) is 37.5 Å². The highest BCUT2D eigenvalue weighted by Gasteiger charge is 2.58. The molecular weight excluding hydrogens is 240 g/mol. The number of hydrogen-bond acceptors (Lipinski definition) is 2. The summed E-state index contributed by atoms with van der Waals surface area (Å²) in [4.78, 5) is 0. The highest BCUT2D eigenvalue weighted by atomic mass is 28.4. The molecule has 3 saturated carbocycles. The van der Waals surface area contributed by atoms with Crippen LogP contribution in [0.25, 0.3) is 0 Å². The van der Waals surface area contributed by atoms with Crippen LogP contribution in [0, 0.1) is 11.8 Å². The standard InChI is InChI=1S/C15H28O2Si/c1-16-18(17-2,14-6-4-3-5-7-14)15-11-12-8-9-13(15)10-12/h12-15H,3-11H2,1-2H3. The number of fused-ring (bicyclic) bond motifs is 2. The van der Waals surface area contributed by atoms with Gasteiger partial charge in [-0.15, -0.1) is 0 Å². The third-order valence-corrected chi connectivity index (χ3v) is 10.8. The van der Waals surface area contributed by atoms with Crippen LogP contribution in [0.5, 0.6) is 0 Å². The molecule has 0 aromatic heterocycles. The maximum absolute atomic E-state index is 6.18. The summed E-state index contributed by atoms with van der Waals surface area (Å²) in [6.45, 7) is 0. The summed E-state index contributed by atoms with van der Waals surface area (Å²) in [6, 6.07) is 0. The van der Waals surface area contributed by atoms with E-state index in [-0.39, 0.29) is 0 Å². The van der Waals surface area contributed by atoms with Crippen molar-refractivity contribution < 1.29 is 8.85 Å². The van der Waals surface area contributed by atoms with Crippen molar-refractivity contribution in [3.8, 4) is 0 Å². The summed E-state index contributed by atoms with van der Waals surface area (Å²) < 4.78 is 12.4. The smallest absolute Gasteiger partial charge is 0.344 e. The zero-order valence-electron chi connectivity index (χ0n) is 12.0. The lowest BCUT2D eigenvalue weighted by Gasteiger charge is -2.44. The van der Waals surface area contributed by atoms with Gasteiger partial charge in [0, 0.05) is 25.3 Å². The van der Waals surface area contributed by atoms with E-state index in [1.54, 1.807) is 0 Å². The van der Waals surface area contributed by atoms with E-state index in [1.165, 1.54) is 57.8 Å². The van der Waals surface area contributed by atoms with Crippen molar-refractivity contribution in [3.63, 3.8) is 0 Å². The van der Waals surface area contributed by atoms with Crippen molar-refractivity contribution in [2.45, 2.75) is 68.9 Å². The lowest BCUT2D eigenvalue weighted by atomic mass is 9.99. The van der Waals surface area contributed by atoms with Crippen molar-refractivity contribution in [3.05, 3.63) is 0 Å². The molecule has 3 heteroatoms. The molecule has 0 radical (unpaired) electrons. The minimum atomic E-state index is -1.96. The molecule has 0 saturated heterocycles. The summed E-state index contributed by atoms with van der Waals surface area (Å²) in [7, 11) is 1.92. The Kier molecular flexibility index (Phi) is 3.84. The lowest BCUT2D eigenvalue weighted by Crippen LogP contribution is -2.51. The minimum absolute atomic E-state index is 0.769. The monoisotopic (exact) mass is 268 g/mol. The van der Waals surface area contributed by atoms with Crippen LogP contribution in [0.1, 0.15) is 57.8 Å². The number of hydrogen-bond donors (Lipinski definition) is 0. The Labute approximate surface area is 113 Å². The van der Waals surface area contributed by atoms with Crippen LogP contribution < -0.4 is 0 Å². The molecule has 0 N–H and O–H groups in total. The van der Waals surface area contributed by atoms with Gasteiger partial charge in [-0.3, -0.25) is 0 Å². The Balaban J connectivity index is 1.81. The molecule has 0 spiro atoms. The molecule has 2 bridgehead atoms. The average Bonchev–Trinajstić information content (AvgIpc) is 3.05. The second-order valence-corrected chi connectivity index (χ2v) is 10.6. The third kappa shape index (κ3) is 1.99. The van der Waals surface area contributed by atoms with Gasteiger partial charge >= 0.3 is 8.56 Å². The Morgan fingerprint density at radius 3 is 2.06 bits per heavy atom. The van der Waals surface area contributed by atoms with Gasteiger partial charge in [-0.2, -0.15) is 0 Å². The van der Waals surface area contributed by atoms with Crippen molar-refractivity contribution in [1.82, 2.24) is 0 Å². The van der Waals surface area contributed by atoms with E-state index >= 15 is 0 Å². The molecule has 3 atom stereocenters. The average molecular weight is 268 g/mol. The van der Waals surface area contributed by atoms with E-state index in [2.05, 4.69) is 0 Å². The van der Waals surface area contributed by atoms with Crippen LogP contribution >= 0.6 is 0 Å². The lowest BCUT2D eigenvalue weighted by molar-refractivity contribution is 0.189. The first-order chi connectivity index (χ1) is 8.80. The van der Waals surface area contributed by atoms with Gasteiger partial charge in [0.1, 0.15) is 0 Å². The molecule has 0 aliphatic heterocycles. The SMILES string of the molecule is CO[Si](OC)(C1CCCCC1)C1CC2CCC1C2. The predicted octanol–water partition coefficient (Wildman–Crippen LogP) is 4.25. The Hall–Kier alpha value is 0.137. The Morgan fingerprint density at radius 1 is 0.833 bits per heavy atom. The van der Waals surface area contributed by atoms with E-state index in [1.807, 2.05) is 14.2 Å². The highest BCUT2D eigenvalue weighted by molar-refractivity contribution is 6.70. The first-order valence-corrected chi connectivity index (χ1v) is 9.87. The molecule has 2 nitrogen and oxygen atoms in total. The van der Waals surface area contributed by atoms with Gasteiger partial charge in [0.25, 0.3) is 0 Å². The maximum Gasteiger partial charge on any atom is 0.344 e. The van der Waals surface area contributed by atoms with Gasteiger partial charge in [0.2, 0.25) is 0 Å². The Bertz CT molecular complexity index is 284. The van der Waals surface area contributed by atoms with Gasteiger partial charge < -0.3 is 8.85 Å². The quantitative estimate of drug-likeness (QED) is 0.710. The van der Waals surface area contributed by atoms with Crippen LogP contribution in [0.2, 0.25) is 11.1 Å². The molecule has 3 aliphatic rings. The van der Waals surface area contributed by atoms with Crippen LogP contribution in [-0.2, 0) is 8.85 Å². The van der Waals surface area contributed by atoms with Crippen molar-refractivity contribution in [2.24, 2.45) is 11.8 Å². The van der Waals surface area contributed by atoms with E-state index < -0.39 is 8.56 Å². The van der Waals surface area contributed by atoms with Gasteiger partial charge in [0.05, 0.1) is 0 Å². The Morgan fingerprint density at radius 2 is 1.56 bits per heavy atom. The van der Waals surface area contributed by atoms with Crippen LogP contribution in [0.4, 0.5) is 0 Å². The fourth-order valence-electron chi connectivity index (χ4n) is 5.26. The fourth-order valence-corrected chi connectivity index (χ4v) is 10.1. The molecule has 3 fully saturated rings. The topological polar surface area (TPSA) is 18.5 Å². The van der Waals surface area contributed by atoms with E-state index in [0.717, 1.165) is 22.9 Å². The maximum atomic E-state index is 6.18. The molecule has 3 rings (SSSR count). The van der Waals surface area contributed by atoms with Gasteiger partial charge in [0.15, 0.2) is 0 Å². The molecule has 0 aromatic rings.